The van der Waals surface area contributed by atoms with Gasteiger partial charge in [-0.25, -0.2) is 0 Å². The van der Waals surface area contributed by atoms with Gasteiger partial charge in [-0.1, -0.05) is 6.92 Å². The van der Waals surface area contributed by atoms with Crippen molar-refractivity contribution in [2.75, 3.05) is 13.1 Å². The lowest BCUT2D eigenvalue weighted by Crippen LogP contribution is -2.51. The standard InChI is InChI=1S/C11H21N3O5S/c1-8-3-2-6-14(7-8)20(18,19)13-9(11(16)17)4-5-10(12)15/h8-9,13H,2-7H2,1H3,(H2,12,15)(H,16,17)/t8?,9-/m1/s1. The fourth-order valence-electron chi connectivity index (χ4n) is 2.14. The predicted octanol–water partition coefficient (Wildman–Crippen LogP) is -0.729. The Balaban J connectivity index is 2.70. The Hall–Kier alpha value is -1.19. The lowest BCUT2D eigenvalue weighted by molar-refractivity contribution is -0.139. The zero-order valence-corrected chi connectivity index (χ0v) is 12.2. The molecule has 1 amide bonds. The van der Waals surface area contributed by atoms with E-state index in [1.165, 1.54) is 4.31 Å². The topological polar surface area (TPSA) is 130 Å². The highest BCUT2D eigenvalue weighted by Crippen LogP contribution is 2.18. The summed E-state index contributed by atoms with van der Waals surface area (Å²) < 4.78 is 27.6. The molecule has 1 aliphatic rings. The van der Waals surface area contributed by atoms with Crippen molar-refractivity contribution in [3.63, 3.8) is 0 Å². The van der Waals surface area contributed by atoms with Crippen molar-refractivity contribution in [3.05, 3.63) is 0 Å². The van der Waals surface area contributed by atoms with Crippen LogP contribution < -0.4 is 10.5 Å². The Labute approximate surface area is 118 Å². The first kappa shape index (κ1) is 16.9. The van der Waals surface area contributed by atoms with E-state index in [9.17, 15) is 18.0 Å². The first-order valence-electron chi connectivity index (χ1n) is 6.51. The Morgan fingerprint density at radius 3 is 2.65 bits per heavy atom. The summed E-state index contributed by atoms with van der Waals surface area (Å²) in [4.78, 5) is 21.7. The summed E-state index contributed by atoms with van der Waals surface area (Å²) in [7, 11) is -3.86. The van der Waals surface area contributed by atoms with Gasteiger partial charge in [0.25, 0.3) is 10.2 Å². The molecule has 1 fully saturated rings. The van der Waals surface area contributed by atoms with E-state index in [1.807, 2.05) is 6.92 Å². The molecule has 0 radical (unpaired) electrons. The molecule has 0 bridgehead atoms. The quantitative estimate of drug-likeness (QED) is 0.571. The molecule has 4 N–H and O–H groups in total. The van der Waals surface area contributed by atoms with Crippen LogP contribution in [0.5, 0.6) is 0 Å². The van der Waals surface area contributed by atoms with Gasteiger partial charge in [-0.05, 0) is 25.2 Å². The second kappa shape index (κ2) is 7.00. The number of hydrogen-bond donors (Lipinski definition) is 3. The number of piperidine rings is 1. The van der Waals surface area contributed by atoms with Crippen LogP contribution in [-0.2, 0) is 19.8 Å². The van der Waals surface area contributed by atoms with Crippen LogP contribution in [0, 0.1) is 5.92 Å². The molecular formula is C11H21N3O5S. The molecule has 0 saturated carbocycles. The molecular weight excluding hydrogens is 286 g/mol. The SMILES string of the molecule is CC1CCCN(S(=O)(=O)N[C@H](CCC(N)=O)C(=O)O)C1. The third kappa shape index (κ3) is 5.06. The van der Waals surface area contributed by atoms with Gasteiger partial charge in [0.1, 0.15) is 6.04 Å². The van der Waals surface area contributed by atoms with Crippen LogP contribution in [-0.4, -0.2) is 48.8 Å². The van der Waals surface area contributed by atoms with Gasteiger partial charge >= 0.3 is 5.97 Å². The summed E-state index contributed by atoms with van der Waals surface area (Å²) in [6.07, 6.45) is 1.36. The van der Waals surface area contributed by atoms with Gasteiger partial charge in [0, 0.05) is 19.5 Å². The van der Waals surface area contributed by atoms with Crippen LogP contribution in [0.2, 0.25) is 0 Å². The van der Waals surface area contributed by atoms with E-state index < -0.39 is 28.1 Å². The first-order valence-corrected chi connectivity index (χ1v) is 7.95. The molecule has 0 aliphatic carbocycles. The Morgan fingerprint density at radius 1 is 1.50 bits per heavy atom. The van der Waals surface area contributed by atoms with E-state index in [-0.39, 0.29) is 18.8 Å². The molecule has 1 heterocycles. The van der Waals surface area contributed by atoms with Crippen LogP contribution in [0.1, 0.15) is 32.6 Å². The van der Waals surface area contributed by atoms with Crippen LogP contribution in [0.15, 0.2) is 0 Å². The van der Waals surface area contributed by atoms with Gasteiger partial charge < -0.3 is 10.8 Å². The van der Waals surface area contributed by atoms with E-state index in [4.69, 9.17) is 10.8 Å². The van der Waals surface area contributed by atoms with E-state index >= 15 is 0 Å². The summed E-state index contributed by atoms with van der Waals surface area (Å²) in [5, 5.41) is 9.00. The molecule has 0 spiro atoms. The average Bonchev–Trinajstić information content (AvgIpc) is 2.34. The molecule has 0 aromatic rings. The highest BCUT2D eigenvalue weighted by Gasteiger charge is 2.31. The monoisotopic (exact) mass is 307 g/mol. The summed E-state index contributed by atoms with van der Waals surface area (Å²) in [5.74, 6) is -1.74. The number of aliphatic carboxylic acids is 1. The number of amides is 1. The zero-order valence-electron chi connectivity index (χ0n) is 11.4. The molecule has 0 aromatic heterocycles. The first-order chi connectivity index (χ1) is 9.22. The minimum Gasteiger partial charge on any atom is -0.480 e. The average molecular weight is 307 g/mol. The molecule has 0 aromatic carbocycles. The van der Waals surface area contributed by atoms with E-state index in [0.717, 1.165) is 12.8 Å². The maximum absolute atomic E-state index is 12.1. The maximum atomic E-state index is 12.1. The van der Waals surface area contributed by atoms with Crippen LogP contribution in [0.4, 0.5) is 0 Å². The molecule has 1 unspecified atom stereocenters. The molecule has 116 valence electrons. The van der Waals surface area contributed by atoms with Crippen molar-refractivity contribution in [2.45, 2.75) is 38.6 Å². The number of hydrogen-bond acceptors (Lipinski definition) is 4. The van der Waals surface area contributed by atoms with Gasteiger partial charge in [-0.3, -0.25) is 9.59 Å². The predicted molar refractivity (Wildman–Crippen MR) is 71.9 cm³/mol. The van der Waals surface area contributed by atoms with Crippen molar-refractivity contribution in [1.82, 2.24) is 9.03 Å². The maximum Gasteiger partial charge on any atom is 0.321 e. The Kier molecular flexibility index (Phi) is 5.90. The van der Waals surface area contributed by atoms with Crippen LogP contribution in [0.25, 0.3) is 0 Å². The fraction of sp³-hybridized carbons (Fsp3) is 0.818. The molecule has 20 heavy (non-hydrogen) atoms. The Morgan fingerprint density at radius 2 is 2.15 bits per heavy atom. The van der Waals surface area contributed by atoms with Gasteiger partial charge in [0.15, 0.2) is 0 Å². The van der Waals surface area contributed by atoms with Gasteiger partial charge in [0.05, 0.1) is 0 Å². The van der Waals surface area contributed by atoms with Crippen molar-refractivity contribution in [1.29, 1.82) is 0 Å². The highest BCUT2D eigenvalue weighted by molar-refractivity contribution is 7.87. The molecule has 1 rings (SSSR count). The van der Waals surface area contributed by atoms with Gasteiger partial charge in [-0.15, -0.1) is 0 Å². The molecule has 1 aliphatic heterocycles. The van der Waals surface area contributed by atoms with E-state index in [1.54, 1.807) is 0 Å². The largest absolute Gasteiger partial charge is 0.480 e. The highest BCUT2D eigenvalue weighted by atomic mass is 32.2. The van der Waals surface area contributed by atoms with Crippen LogP contribution in [0.3, 0.4) is 0 Å². The van der Waals surface area contributed by atoms with Crippen molar-refractivity contribution in [3.8, 4) is 0 Å². The normalized spacial score (nSPS) is 22.4. The fourth-order valence-corrected chi connectivity index (χ4v) is 3.69. The minimum atomic E-state index is -3.86. The number of carboxylic acids is 1. The summed E-state index contributed by atoms with van der Waals surface area (Å²) in [6.45, 7) is 2.70. The smallest absolute Gasteiger partial charge is 0.321 e. The zero-order chi connectivity index (χ0) is 15.3. The van der Waals surface area contributed by atoms with E-state index in [2.05, 4.69) is 4.72 Å². The number of carboxylic acid groups (broad SMARTS) is 1. The summed E-state index contributed by atoms with van der Waals surface area (Å²) in [5.41, 5.74) is 4.95. The number of rotatable bonds is 7. The Bertz CT molecular complexity index is 465. The van der Waals surface area contributed by atoms with Crippen molar-refractivity contribution < 1.29 is 23.1 Å². The second-order valence-corrected chi connectivity index (χ2v) is 6.83. The number of nitrogens with one attached hydrogen (secondary N) is 1. The molecule has 9 heteroatoms. The number of primary amides is 1. The molecule has 1 saturated heterocycles. The van der Waals surface area contributed by atoms with Crippen LogP contribution >= 0.6 is 0 Å². The lowest BCUT2D eigenvalue weighted by atomic mass is 10.0. The van der Waals surface area contributed by atoms with Crippen molar-refractivity contribution in [2.24, 2.45) is 11.7 Å². The summed E-state index contributed by atoms with van der Waals surface area (Å²) >= 11 is 0. The van der Waals surface area contributed by atoms with Gasteiger partial charge in [-0.2, -0.15) is 17.4 Å². The third-order valence-corrected chi connectivity index (χ3v) is 4.82. The number of nitrogens with zero attached hydrogens (tertiary/aromatic N) is 1. The molecule has 8 nitrogen and oxygen atoms in total. The second-order valence-electron chi connectivity index (χ2n) is 5.12. The van der Waals surface area contributed by atoms with Gasteiger partial charge in [0.2, 0.25) is 5.91 Å². The summed E-state index contributed by atoms with van der Waals surface area (Å²) in [6, 6.07) is -1.34. The minimum absolute atomic E-state index is 0.159. The van der Waals surface area contributed by atoms with E-state index in [0.29, 0.717) is 13.1 Å². The lowest BCUT2D eigenvalue weighted by Gasteiger charge is -2.30. The number of carbonyl (C=O) groups is 2. The third-order valence-electron chi connectivity index (χ3n) is 3.23. The molecule has 2 atom stereocenters. The van der Waals surface area contributed by atoms with Crippen molar-refractivity contribution >= 4 is 22.1 Å². The number of carbonyl (C=O) groups excluding carboxylic acids is 1. The number of nitrogens with two attached hydrogens (primary N) is 1.